The topological polar surface area (TPSA) is 12.4 Å². The summed E-state index contributed by atoms with van der Waals surface area (Å²) >= 11 is 0. The van der Waals surface area contributed by atoms with Gasteiger partial charge in [0.05, 0.1) is 5.54 Å². The van der Waals surface area contributed by atoms with Crippen LogP contribution in [-0.4, -0.2) is 17.4 Å². The van der Waals surface area contributed by atoms with E-state index in [1.54, 1.807) is 13.8 Å². The summed E-state index contributed by atoms with van der Waals surface area (Å²) in [5.41, 5.74) is -1.12. The van der Waals surface area contributed by atoms with Crippen LogP contribution in [0.15, 0.2) is 4.99 Å². The first-order chi connectivity index (χ1) is 4.81. The molecule has 11 heavy (non-hydrogen) atoms. The van der Waals surface area contributed by atoms with E-state index < -0.39 is 17.4 Å². The minimum atomic E-state index is -4.21. The lowest BCUT2D eigenvalue weighted by atomic mass is 10.0. The minimum Gasteiger partial charge on any atom is -0.279 e. The molecule has 0 amide bonds. The number of hydrogen-bond acceptors (Lipinski definition) is 1. The van der Waals surface area contributed by atoms with Crippen LogP contribution in [-0.2, 0) is 0 Å². The molecule has 0 atom stereocenters. The number of hydrogen-bond donors (Lipinski definition) is 0. The first-order valence-corrected chi connectivity index (χ1v) is 3.47. The Labute approximate surface area is 63.3 Å². The largest absolute Gasteiger partial charge is 0.429 e. The highest BCUT2D eigenvalue weighted by molar-refractivity contribution is 5.91. The van der Waals surface area contributed by atoms with Crippen molar-refractivity contribution in [3.05, 3.63) is 0 Å². The average molecular weight is 165 g/mol. The molecule has 0 aromatic rings. The number of aliphatic imine (C=N–C) groups is 1. The Kier molecular flexibility index (Phi) is 1.73. The minimum absolute atomic E-state index is 0.0660. The molecule has 0 fully saturated rings. The molecule has 0 saturated carbocycles. The molecule has 0 saturated heterocycles. The van der Waals surface area contributed by atoms with E-state index in [1.165, 1.54) is 0 Å². The highest BCUT2D eigenvalue weighted by Crippen LogP contribution is 2.32. The number of rotatable bonds is 0. The Hall–Kier alpha value is -0.540. The van der Waals surface area contributed by atoms with Crippen molar-refractivity contribution in [3.63, 3.8) is 0 Å². The van der Waals surface area contributed by atoms with E-state index in [4.69, 9.17) is 0 Å². The highest BCUT2D eigenvalue weighted by Gasteiger charge is 2.40. The van der Waals surface area contributed by atoms with Crippen LogP contribution in [0.2, 0.25) is 0 Å². The van der Waals surface area contributed by atoms with Gasteiger partial charge in [-0.3, -0.25) is 4.99 Å². The van der Waals surface area contributed by atoms with Crippen molar-refractivity contribution < 1.29 is 13.2 Å². The van der Waals surface area contributed by atoms with Crippen molar-refractivity contribution in [2.45, 2.75) is 38.4 Å². The third kappa shape index (κ3) is 1.94. The fourth-order valence-corrected chi connectivity index (χ4v) is 1.11. The molecule has 4 heteroatoms. The lowest BCUT2D eigenvalue weighted by Gasteiger charge is -2.11. The van der Waals surface area contributed by atoms with E-state index in [-0.39, 0.29) is 6.42 Å². The van der Waals surface area contributed by atoms with Gasteiger partial charge in [-0.25, -0.2) is 0 Å². The molecule has 1 heterocycles. The Bertz CT molecular complexity index is 190. The molecule has 1 rings (SSSR count). The SMILES string of the molecule is CC1(C)CCC(C(F)(F)F)=N1. The van der Waals surface area contributed by atoms with Gasteiger partial charge in [0.2, 0.25) is 0 Å². The van der Waals surface area contributed by atoms with E-state index in [0.29, 0.717) is 6.42 Å². The van der Waals surface area contributed by atoms with Gasteiger partial charge in [0.1, 0.15) is 5.71 Å². The lowest BCUT2D eigenvalue weighted by Crippen LogP contribution is -2.20. The van der Waals surface area contributed by atoms with Gasteiger partial charge in [0.15, 0.2) is 0 Å². The Morgan fingerprint density at radius 3 is 2.09 bits per heavy atom. The second-order valence-corrected chi connectivity index (χ2v) is 3.37. The predicted molar refractivity (Wildman–Crippen MR) is 36.8 cm³/mol. The molecule has 1 aliphatic rings. The van der Waals surface area contributed by atoms with E-state index in [1.807, 2.05) is 0 Å². The van der Waals surface area contributed by atoms with Crippen LogP contribution < -0.4 is 0 Å². The van der Waals surface area contributed by atoms with Gasteiger partial charge < -0.3 is 0 Å². The van der Waals surface area contributed by atoms with Crippen LogP contribution in [0, 0.1) is 0 Å². The second-order valence-electron chi connectivity index (χ2n) is 3.37. The summed E-state index contributed by atoms with van der Waals surface area (Å²) < 4.78 is 35.9. The quantitative estimate of drug-likeness (QED) is 0.523. The van der Waals surface area contributed by atoms with Gasteiger partial charge in [-0.2, -0.15) is 13.2 Å². The Balaban J connectivity index is 2.79. The zero-order chi connectivity index (χ0) is 8.70. The van der Waals surface area contributed by atoms with Crippen LogP contribution in [0.4, 0.5) is 13.2 Å². The molecular weight excluding hydrogens is 155 g/mol. The normalized spacial score (nSPS) is 23.5. The standard InChI is InChI=1S/C7H10F3N/c1-6(2)4-3-5(11-6)7(8,9)10/h3-4H2,1-2H3. The molecule has 1 aliphatic heterocycles. The first-order valence-electron chi connectivity index (χ1n) is 3.47. The molecule has 1 nitrogen and oxygen atoms in total. The van der Waals surface area contributed by atoms with Gasteiger partial charge in [0, 0.05) is 0 Å². The summed E-state index contributed by atoms with van der Waals surface area (Å²) in [6.07, 6.45) is -3.65. The number of alkyl halides is 3. The van der Waals surface area contributed by atoms with E-state index in [2.05, 4.69) is 4.99 Å². The van der Waals surface area contributed by atoms with Gasteiger partial charge in [-0.15, -0.1) is 0 Å². The van der Waals surface area contributed by atoms with E-state index >= 15 is 0 Å². The molecule has 0 aromatic carbocycles. The molecule has 0 bridgehead atoms. The maximum absolute atomic E-state index is 12.0. The van der Waals surface area contributed by atoms with Crippen molar-refractivity contribution in [1.29, 1.82) is 0 Å². The second kappa shape index (κ2) is 2.22. The summed E-state index contributed by atoms with van der Waals surface area (Å²) in [6.45, 7) is 3.43. The predicted octanol–water partition coefficient (Wildman–Crippen LogP) is 2.56. The zero-order valence-electron chi connectivity index (χ0n) is 6.50. The summed E-state index contributed by atoms with van der Waals surface area (Å²) in [7, 11) is 0. The molecular formula is C7H10F3N. The zero-order valence-corrected chi connectivity index (χ0v) is 6.50. The third-order valence-corrected chi connectivity index (χ3v) is 1.74. The number of halogens is 3. The monoisotopic (exact) mass is 165 g/mol. The molecule has 0 aliphatic carbocycles. The maximum Gasteiger partial charge on any atom is 0.429 e. The summed E-state index contributed by atoms with van der Waals surface area (Å²) in [6, 6.07) is 0. The molecule has 0 spiro atoms. The maximum atomic E-state index is 12.0. The Morgan fingerprint density at radius 2 is 1.91 bits per heavy atom. The summed E-state index contributed by atoms with van der Waals surface area (Å²) in [5, 5.41) is 0. The molecule has 0 N–H and O–H groups in total. The Morgan fingerprint density at radius 1 is 1.36 bits per heavy atom. The van der Waals surface area contributed by atoms with E-state index in [0.717, 1.165) is 0 Å². The van der Waals surface area contributed by atoms with Crippen LogP contribution in [0.25, 0.3) is 0 Å². The molecule has 0 unspecified atom stereocenters. The van der Waals surface area contributed by atoms with Crippen molar-refractivity contribution in [3.8, 4) is 0 Å². The molecule has 0 radical (unpaired) electrons. The van der Waals surface area contributed by atoms with Crippen LogP contribution in [0.1, 0.15) is 26.7 Å². The molecule has 64 valence electrons. The van der Waals surface area contributed by atoms with Gasteiger partial charge in [0.25, 0.3) is 0 Å². The average Bonchev–Trinajstić information content (AvgIpc) is 2.07. The molecule has 0 aromatic heterocycles. The summed E-state index contributed by atoms with van der Waals surface area (Å²) in [5.74, 6) is 0. The van der Waals surface area contributed by atoms with Gasteiger partial charge in [-0.05, 0) is 26.7 Å². The highest BCUT2D eigenvalue weighted by atomic mass is 19.4. The van der Waals surface area contributed by atoms with Crippen LogP contribution in [0.3, 0.4) is 0 Å². The fraction of sp³-hybridized carbons (Fsp3) is 0.857. The smallest absolute Gasteiger partial charge is 0.279 e. The lowest BCUT2D eigenvalue weighted by molar-refractivity contribution is -0.0599. The van der Waals surface area contributed by atoms with Crippen molar-refractivity contribution >= 4 is 5.71 Å². The summed E-state index contributed by atoms with van der Waals surface area (Å²) in [4.78, 5) is 3.58. The van der Waals surface area contributed by atoms with Crippen molar-refractivity contribution in [2.75, 3.05) is 0 Å². The van der Waals surface area contributed by atoms with Crippen LogP contribution in [0.5, 0.6) is 0 Å². The van der Waals surface area contributed by atoms with E-state index in [9.17, 15) is 13.2 Å². The van der Waals surface area contributed by atoms with Crippen LogP contribution >= 0.6 is 0 Å². The van der Waals surface area contributed by atoms with Gasteiger partial charge in [-0.1, -0.05) is 0 Å². The van der Waals surface area contributed by atoms with Gasteiger partial charge >= 0.3 is 6.18 Å². The van der Waals surface area contributed by atoms with Crippen molar-refractivity contribution in [2.24, 2.45) is 4.99 Å². The van der Waals surface area contributed by atoms with Crippen molar-refractivity contribution in [1.82, 2.24) is 0 Å². The number of nitrogens with zero attached hydrogens (tertiary/aromatic N) is 1. The first kappa shape index (κ1) is 8.56. The third-order valence-electron chi connectivity index (χ3n) is 1.74. The fourth-order valence-electron chi connectivity index (χ4n) is 1.11.